The molecule has 0 saturated heterocycles. The summed E-state index contributed by atoms with van der Waals surface area (Å²) in [5.41, 5.74) is -0.730. The average Bonchev–Trinajstić information content (AvgIpc) is 3.03. The molecule has 0 aliphatic rings. The number of nitro groups is 1. The third kappa shape index (κ3) is 3.12. The van der Waals surface area contributed by atoms with Crippen LogP contribution in [-0.2, 0) is 0 Å². The Balaban J connectivity index is 2.34. The molecule has 2 rings (SSSR count). The largest absolute Gasteiger partial charge is 0.478 e. The summed E-state index contributed by atoms with van der Waals surface area (Å²) in [6.45, 7) is 0. The standard InChI is InChI=1S/C11H6N2O6S2/c14-10(15)6-4-20-9(8(6)11(16)17)12-3-5-1-2-7(21-5)13(18)19/h1-4H,(H,14,15)(H,16,17). The normalized spacial score (nSPS) is 10.9. The summed E-state index contributed by atoms with van der Waals surface area (Å²) in [5, 5.41) is 29.6. The molecule has 0 unspecified atom stereocenters. The van der Waals surface area contributed by atoms with E-state index < -0.39 is 22.4 Å². The van der Waals surface area contributed by atoms with Gasteiger partial charge in [-0.1, -0.05) is 11.3 Å². The fourth-order valence-corrected chi connectivity index (χ4v) is 3.01. The van der Waals surface area contributed by atoms with E-state index in [1.807, 2.05) is 0 Å². The van der Waals surface area contributed by atoms with E-state index >= 15 is 0 Å². The van der Waals surface area contributed by atoms with E-state index in [1.165, 1.54) is 23.7 Å². The lowest BCUT2D eigenvalue weighted by molar-refractivity contribution is -0.380. The Bertz CT molecular complexity index is 761. The van der Waals surface area contributed by atoms with E-state index in [2.05, 4.69) is 4.99 Å². The van der Waals surface area contributed by atoms with Gasteiger partial charge in [-0.05, 0) is 6.07 Å². The number of carboxylic acids is 2. The van der Waals surface area contributed by atoms with Crippen LogP contribution in [0.5, 0.6) is 0 Å². The van der Waals surface area contributed by atoms with Gasteiger partial charge in [-0.15, -0.1) is 11.3 Å². The quantitative estimate of drug-likeness (QED) is 0.493. The SMILES string of the molecule is O=C(O)c1csc(N=Cc2ccc([N+](=O)[O-])s2)c1C(=O)O. The number of carboxylic acid groups (broad SMARTS) is 2. The predicted molar refractivity (Wildman–Crippen MR) is 76.5 cm³/mol. The number of hydrogen-bond acceptors (Lipinski definition) is 7. The maximum atomic E-state index is 11.1. The van der Waals surface area contributed by atoms with Crippen LogP contribution in [0.3, 0.4) is 0 Å². The van der Waals surface area contributed by atoms with Gasteiger partial charge in [-0.2, -0.15) is 0 Å². The van der Waals surface area contributed by atoms with Crippen molar-refractivity contribution in [2.75, 3.05) is 0 Å². The van der Waals surface area contributed by atoms with Crippen molar-refractivity contribution in [2.45, 2.75) is 0 Å². The van der Waals surface area contributed by atoms with Gasteiger partial charge in [-0.3, -0.25) is 10.1 Å². The number of aliphatic imine (C=N–C) groups is 1. The van der Waals surface area contributed by atoms with Crippen LogP contribution in [0.15, 0.2) is 22.5 Å². The van der Waals surface area contributed by atoms with E-state index in [-0.39, 0.29) is 15.6 Å². The highest BCUT2D eigenvalue weighted by Gasteiger charge is 2.22. The average molecular weight is 326 g/mol. The Morgan fingerprint density at radius 1 is 1.29 bits per heavy atom. The minimum absolute atomic E-state index is 0.0240. The van der Waals surface area contributed by atoms with Crippen LogP contribution < -0.4 is 0 Å². The zero-order valence-corrected chi connectivity index (χ0v) is 11.7. The van der Waals surface area contributed by atoms with E-state index in [1.54, 1.807) is 0 Å². The molecule has 0 bridgehead atoms. The Labute approximate surface area is 124 Å². The lowest BCUT2D eigenvalue weighted by Gasteiger charge is -1.95. The van der Waals surface area contributed by atoms with Crippen LogP contribution in [0.2, 0.25) is 0 Å². The summed E-state index contributed by atoms with van der Waals surface area (Å²) >= 11 is 1.76. The zero-order valence-electron chi connectivity index (χ0n) is 10.0. The van der Waals surface area contributed by atoms with E-state index in [0.29, 0.717) is 4.88 Å². The van der Waals surface area contributed by atoms with Crippen LogP contribution in [0.25, 0.3) is 0 Å². The van der Waals surface area contributed by atoms with Crippen molar-refractivity contribution in [2.24, 2.45) is 4.99 Å². The van der Waals surface area contributed by atoms with Crippen molar-refractivity contribution in [3.05, 3.63) is 43.6 Å². The predicted octanol–water partition coefficient (Wildman–Crippen LogP) is 2.86. The van der Waals surface area contributed by atoms with Gasteiger partial charge < -0.3 is 10.2 Å². The van der Waals surface area contributed by atoms with Crippen LogP contribution in [-0.4, -0.2) is 33.3 Å². The first-order chi connectivity index (χ1) is 9.90. The number of rotatable bonds is 5. The van der Waals surface area contributed by atoms with Crippen molar-refractivity contribution >= 4 is 50.8 Å². The smallest absolute Gasteiger partial charge is 0.339 e. The minimum Gasteiger partial charge on any atom is -0.478 e. The molecule has 8 nitrogen and oxygen atoms in total. The molecule has 0 fully saturated rings. The third-order valence-corrected chi connectivity index (χ3v) is 4.18. The molecule has 0 saturated carbocycles. The van der Waals surface area contributed by atoms with Crippen molar-refractivity contribution < 1.29 is 24.7 Å². The molecule has 2 N–H and O–H groups in total. The topological polar surface area (TPSA) is 130 Å². The Morgan fingerprint density at radius 3 is 2.52 bits per heavy atom. The number of aromatic carboxylic acids is 2. The van der Waals surface area contributed by atoms with Crippen molar-refractivity contribution in [3.63, 3.8) is 0 Å². The van der Waals surface area contributed by atoms with Gasteiger partial charge in [0.05, 0.1) is 15.4 Å². The van der Waals surface area contributed by atoms with Crippen molar-refractivity contribution in [3.8, 4) is 0 Å². The molecule has 2 aromatic heterocycles. The molecule has 0 aromatic carbocycles. The number of nitrogens with zero attached hydrogens (tertiary/aromatic N) is 2. The van der Waals surface area contributed by atoms with Crippen LogP contribution in [0, 0.1) is 10.1 Å². The van der Waals surface area contributed by atoms with E-state index in [9.17, 15) is 19.7 Å². The Hall–Kier alpha value is -2.59. The molecule has 0 aliphatic heterocycles. The second-order valence-corrected chi connectivity index (χ2v) is 5.58. The van der Waals surface area contributed by atoms with Gasteiger partial charge in [0, 0.05) is 17.7 Å². The lowest BCUT2D eigenvalue weighted by Crippen LogP contribution is -2.04. The monoisotopic (exact) mass is 326 g/mol. The minimum atomic E-state index is -1.39. The van der Waals surface area contributed by atoms with Crippen molar-refractivity contribution in [1.29, 1.82) is 0 Å². The van der Waals surface area contributed by atoms with Crippen LogP contribution >= 0.6 is 22.7 Å². The lowest BCUT2D eigenvalue weighted by atomic mass is 10.2. The molecule has 2 heterocycles. The van der Waals surface area contributed by atoms with Gasteiger partial charge in [0.1, 0.15) is 10.6 Å². The fourth-order valence-electron chi connectivity index (χ4n) is 1.44. The van der Waals surface area contributed by atoms with Crippen molar-refractivity contribution in [1.82, 2.24) is 0 Å². The molecule has 0 aliphatic carbocycles. The molecular formula is C11H6N2O6S2. The van der Waals surface area contributed by atoms with E-state index in [4.69, 9.17) is 10.2 Å². The summed E-state index contributed by atoms with van der Waals surface area (Å²) in [6, 6.07) is 2.78. The van der Waals surface area contributed by atoms with E-state index in [0.717, 1.165) is 22.7 Å². The van der Waals surface area contributed by atoms with Crippen LogP contribution in [0.4, 0.5) is 10.0 Å². The maximum absolute atomic E-state index is 11.1. The molecule has 108 valence electrons. The molecule has 0 amide bonds. The second kappa shape index (κ2) is 5.81. The Morgan fingerprint density at radius 2 is 2.00 bits per heavy atom. The molecule has 0 radical (unpaired) electrons. The highest BCUT2D eigenvalue weighted by atomic mass is 32.1. The van der Waals surface area contributed by atoms with Gasteiger partial charge >= 0.3 is 16.9 Å². The highest BCUT2D eigenvalue weighted by molar-refractivity contribution is 7.17. The summed E-state index contributed by atoms with van der Waals surface area (Å²) in [4.78, 5) is 36.4. The van der Waals surface area contributed by atoms with Gasteiger partial charge in [-0.25, -0.2) is 14.6 Å². The summed E-state index contributed by atoms with van der Waals surface area (Å²) in [7, 11) is 0. The molecule has 10 heteroatoms. The highest BCUT2D eigenvalue weighted by Crippen LogP contribution is 2.31. The number of hydrogen-bond donors (Lipinski definition) is 2. The third-order valence-electron chi connectivity index (χ3n) is 2.32. The Kier molecular flexibility index (Phi) is 4.10. The fraction of sp³-hybridized carbons (Fsp3) is 0. The number of carbonyl (C=O) groups is 2. The maximum Gasteiger partial charge on any atom is 0.339 e. The zero-order chi connectivity index (χ0) is 15.6. The first kappa shape index (κ1) is 14.8. The first-order valence-corrected chi connectivity index (χ1v) is 6.96. The molecule has 21 heavy (non-hydrogen) atoms. The molecule has 0 spiro atoms. The summed E-state index contributed by atoms with van der Waals surface area (Å²) in [6.07, 6.45) is 1.27. The molecule has 0 atom stereocenters. The van der Waals surface area contributed by atoms with Gasteiger partial charge in [0.15, 0.2) is 0 Å². The second-order valence-electron chi connectivity index (χ2n) is 3.63. The summed E-state index contributed by atoms with van der Waals surface area (Å²) < 4.78 is 0. The molecule has 2 aromatic rings. The molecular weight excluding hydrogens is 320 g/mol. The first-order valence-electron chi connectivity index (χ1n) is 5.26. The summed E-state index contributed by atoms with van der Waals surface area (Å²) in [5.74, 6) is -2.74. The van der Waals surface area contributed by atoms with Crippen LogP contribution in [0.1, 0.15) is 25.6 Å². The van der Waals surface area contributed by atoms with Gasteiger partial charge in [0.2, 0.25) is 0 Å². The number of thiophene rings is 2. The van der Waals surface area contributed by atoms with Gasteiger partial charge in [0.25, 0.3) is 0 Å².